The third-order valence-corrected chi connectivity index (χ3v) is 2.99. The normalized spacial score (nSPS) is 10.3. The van der Waals surface area contributed by atoms with Crippen LogP contribution in [-0.2, 0) is 13.0 Å². The minimum atomic E-state index is -0.283. The van der Waals surface area contributed by atoms with E-state index in [1.807, 2.05) is 18.2 Å². The van der Waals surface area contributed by atoms with Crippen molar-refractivity contribution in [3.63, 3.8) is 0 Å². The Labute approximate surface area is 117 Å². The lowest BCUT2D eigenvalue weighted by Crippen LogP contribution is -2.22. The number of nitrogens with one attached hydrogen (secondary N) is 1. The van der Waals surface area contributed by atoms with Crippen LogP contribution < -0.4 is 11.1 Å². The molecule has 0 saturated carbocycles. The Hall–Kier alpha value is -2.20. The van der Waals surface area contributed by atoms with Gasteiger partial charge in [-0.15, -0.1) is 0 Å². The first kappa shape index (κ1) is 14.2. The van der Waals surface area contributed by atoms with Crippen molar-refractivity contribution >= 4 is 5.91 Å². The highest BCUT2D eigenvalue weighted by molar-refractivity contribution is 5.94. The van der Waals surface area contributed by atoms with E-state index >= 15 is 0 Å². The van der Waals surface area contributed by atoms with Crippen LogP contribution in [0.15, 0.2) is 48.5 Å². The van der Waals surface area contributed by atoms with E-state index in [0.717, 1.165) is 17.5 Å². The fraction of sp³-hybridized carbons (Fsp3) is 0.188. The summed E-state index contributed by atoms with van der Waals surface area (Å²) < 4.78 is 12.8. The summed E-state index contributed by atoms with van der Waals surface area (Å²) in [7, 11) is 0. The molecule has 3 N–H and O–H groups in total. The van der Waals surface area contributed by atoms with Gasteiger partial charge in [0.1, 0.15) is 5.82 Å². The van der Waals surface area contributed by atoms with E-state index in [1.54, 1.807) is 18.2 Å². The zero-order valence-electron chi connectivity index (χ0n) is 11.1. The van der Waals surface area contributed by atoms with E-state index in [1.165, 1.54) is 12.1 Å². The number of rotatable bonds is 5. The molecule has 104 valence electrons. The number of carbonyl (C=O) groups excluding carboxylic acids is 1. The summed E-state index contributed by atoms with van der Waals surface area (Å²) in [5, 5.41) is 2.81. The highest BCUT2D eigenvalue weighted by atomic mass is 19.1. The van der Waals surface area contributed by atoms with E-state index in [4.69, 9.17) is 5.73 Å². The van der Waals surface area contributed by atoms with E-state index < -0.39 is 0 Å². The van der Waals surface area contributed by atoms with Gasteiger partial charge in [0.2, 0.25) is 0 Å². The molecule has 0 radical (unpaired) electrons. The highest BCUT2D eigenvalue weighted by Gasteiger charge is 2.06. The maximum atomic E-state index is 12.8. The van der Waals surface area contributed by atoms with E-state index in [2.05, 4.69) is 5.32 Å². The molecular weight excluding hydrogens is 255 g/mol. The lowest BCUT2D eigenvalue weighted by atomic mass is 10.1. The van der Waals surface area contributed by atoms with Crippen LogP contribution >= 0.6 is 0 Å². The molecule has 3 nitrogen and oxygen atoms in total. The quantitative estimate of drug-likeness (QED) is 0.877. The van der Waals surface area contributed by atoms with Crippen LogP contribution in [0, 0.1) is 5.82 Å². The topological polar surface area (TPSA) is 55.1 Å². The van der Waals surface area contributed by atoms with Gasteiger partial charge in [0, 0.05) is 12.1 Å². The predicted molar refractivity (Wildman–Crippen MR) is 76.8 cm³/mol. The molecule has 0 spiro atoms. The van der Waals surface area contributed by atoms with Gasteiger partial charge in [0.15, 0.2) is 0 Å². The molecule has 0 aliphatic heterocycles. The molecule has 0 aliphatic rings. The summed E-state index contributed by atoms with van der Waals surface area (Å²) in [5.41, 5.74) is 8.01. The Morgan fingerprint density at radius 1 is 1.10 bits per heavy atom. The number of carbonyl (C=O) groups is 1. The SMILES string of the molecule is NCCc1cccc(C(=O)NCc2ccc(F)cc2)c1. The maximum Gasteiger partial charge on any atom is 0.251 e. The number of halogens is 1. The third-order valence-electron chi connectivity index (χ3n) is 2.99. The van der Waals surface area contributed by atoms with Crippen LogP contribution in [0.1, 0.15) is 21.5 Å². The first-order chi connectivity index (χ1) is 9.69. The van der Waals surface area contributed by atoms with Gasteiger partial charge in [-0.25, -0.2) is 4.39 Å². The molecule has 0 aromatic heterocycles. The fourth-order valence-electron chi connectivity index (χ4n) is 1.92. The average Bonchev–Trinajstić information content (AvgIpc) is 2.47. The van der Waals surface area contributed by atoms with Crippen molar-refractivity contribution in [3.8, 4) is 0 Å². The van der Waals surface area contributed by atoms with Crippen LogP contribution in [0.5, 0.6) is 0 Å². The van der Waals surface area contributed by atoms with Crippen molar-refractivity contribution in [2.24, 2.45) is 5.73 Å². The van der Waals surface area contributed by atoms with Gasteiger partial charge in [-0.05, 0) is 48.4 Å². The van der Waals surface area contributed by atoms with Crippen molar-refractivity contribution in [2.45, 2.75) is 13.0 Å². The molecule has 0 unspecified atom stereocenters. The minimum absolute atomic E-state index is 0.145. The Morgan fingerprint density at radius 3 is 2.55 bits per heavy atom. The van der Waals surface area contributed by atoms with Crippen molar-refractivity contribution in [3.05, 3.63) is 71.0 Å². The maximum absolute atomic E-state index is 12.8. The number of amides is 1. The zero-order chi connectivity index (χ0) is 14.4. The average molecular weight is 272 g/mol. The van der Waals surface area contributed by atoms with Gasteiger partial charge >= 0.3 is 0 Å². The van der Waals surface area contributed by atoms with Gasteiger partial charge in [-0.3, -0.25) is 4.79 Å². The third kappa shape index (κ3) is 3.90. The molecule has 0 atom stereocenters. The molecule has 1 amide bonds. The molecule has 2 aromatic rings. The van der Waals surface area contributed by atoms with Crippen molar-refractivity contribution in [2.75, 3.05) is 6.54 Å². The van der Waals surface area contributed by atoms with Crippen molar-refractivity contribution in [1.82, 2.24) is 5.32 Å². The summed E-state index contributed by atoms with van der Waals surface area (Å²) in [6.07, 6.45) is 0.749. The Kier molecular flexibility index (Phi) is 4.85. The molecule has 2 aromatic carbocycles. The number of hydrogen-bond acceptors (Lipinski definition) is 2. The Bertz CT molecular complexity index is 581. The molecule has 0 saturated heterocycles. The fourth-order valence-corrected chi connectivity index (χ4v) is 1.92. The molecule has 0 heterocycles. The largest absolute Gasteiger partial charge is 0.348 e. The summed E-state index contributed by atoms with van der Waals surface area (Å²) in [6.45, 7) is 0.931. The van der Waals surface area contributed by atoms with Crippen LogP contribution in [0.4, 0.5) is 4.39 Å². The van der Waals surface area contributed by atoms with Crippen molar-refractivity contribution < 1.29 is 9.18 Å². The van der Waals surface area contributed by atoms with Crippen LogP contribution in [0.25, 0.3) is 0 Å². The van der Waals surface area contributed by atoms with Gasteiger partial charge in [-0.2, -0.15) is 0 Å². The molecule has 0 aliphatic carbocycles. The van der Waals surface area contributed by atoms with Gasteiger partial charge in [0.05, 0.1) is 0 Å². The molecular formula is C16H17FN2O. The zero-order valence-corrected chi connectivity index (χ0v) is 11.1. The smallest absolute Gasteiger partial charge is 0.251 e. The summed E-state index contributed by atoms with van der Waals surface area (Å²) in [4.78, 5) is 12.0. The lowest BCUT2D eigenvalue weighted by molar-refractivity contribution is 0.0951. The first-order valence-electron chi connectivity index (χ1n) is 6.50. The summed E-state index contributed by atoms with van der Waals surface area (Å²) >= 11 is 0. The Balaban J connectivity index is 1.97. The number of nitrogens with two attached hydrogens (primary N) is 1. The van der Waals surface area contributed by atoms with E-state index in [9.17, 15) is 9.18 Å². The van der Waals surface area contributed by atoms with E-state index in [-0.39, 0.29) is 11.7 Å². The van der Waals surface area contributed by atoms with Crippen molar-refractivity contribution in [1.29, 1.82) is 0 Å². The van der Waals surface area contributed by atoms with Gasteiger partial charge < -0.3 is 11.1 Å². The molecule has 2 rings (SSSR count). The minimum Gasteiger partial charge on any atom is -0.348 e. The number of hydrogen-bond donors (Lipinski definition) is 2. The van der Waals surface area contributed by atoms with Gasteiger partial charge in [-0.1, -0.05) is 24.3 Å². The summed E-state index contributed by atoms with van der Waals surface area (Å²) in [5.74, 6) is -0.428. The molecule has 4 heteroatoms. The van der Waals surface area contributed by atoms with Crippen LogP contribution in [-0.4, -0.2) is 12.5 Å². The summed E-state index contributed by atoms with van der Waals surface area (Å²) in [6, 6.07) is 13.5. The van der Waals surface area contributed by atoms with Gasteiger partial charge in [0.25, 0.3) is 5.91 Å². The predicted octanol–water partition coefficient (Wildman–Crippen LogP) is 2.26. The lowest BCUT2D eigenvalue weighted by Gasteiger charge is -2.07. The molecule has 0 fully saturated rings. The van der Waals surface area contributed by atoms with Crippen LogP contribution in [0.3, 0.4) is 0 Å². The monoisotopic (exact) mass is 272 g/mol. The second-order valence-electron chi connectivity index (χ2n) is 4.55. The number of benzene rings is 2. The second kappa shape index (κ2) is 6.82. The Morgan fingerprint density at radius 2 is 1.85 bits per heavy atom. The standard InChI is InChI=1S/C16H17FN2O/c17-15-6-4-13(5-7-15)11-19-16(20)14-3-1-2-12(10-14)8-9-18/h1-7,10H,8-9,11,18H2,(H,19,20). The van der Waals surface area contributed by atoms with E-state index in [0.29, 0.717) is 18.7 Å². The highest BCUT2D eigenvalue weighted by Crippen LogP contribution is 2.07. The molecule has 0 bridgehead atoms. The first-order valence-corrected chi connectivity index (χ1v) is 6.50. The second-order valence-corrected chi connectivity index (χ2v) is 4.55. The molecule has 20 heavy (non-hydrogen) atoms. The van der Waals surface area contributed by atoms with Crippen LogP contribution in [0.2, 0.25) is 0 Å².